The molecular weight excluding hydrogens is 347 g/mol. The fraction of sp³-hybridized carbons (Fsp3) is 0.143. The highest BCUT2D eigenvalue weighted by Crippen LogP contribution is 2.24. The molecule has 0 aliphatic heterocycles. The molecule has 0 saturated carbocycles. The molecule has 3 aromatic rings. The minimum atomic E-state index is -0.352. The Morgan fingerprint density at radius 1 is 1.07 bits per heavy atom. The number of hydrogen-bond acceptors (Lipinski definition) is 3. The smallest absolute Gasteiger partial charge is 0.257 e. The van der Waals surface area contributed by atoms with Crippen molar-refractivity contribution in [2.75, 3.05) is 11.9 Å². The Morgan fingerprint density at radius 3 is 2.56 bits per heavy atom. The molecular formula is C21H19FN2O3. The van der Waals surface area contributed by atoms with E-state index in [1.54, 1.807) is 30.3 Å². The van der Waals surface area contributed by atoms with E-state index >= 15 is 0 Å². The highest BCUT2D eigenvalue weighted by molar-refractivity contribution is 6.04. The number of pyridine rings is 1. The predicted octanol–water partition coefficient (Wildman–Crippen LogP) is 3.69. The van der Waals surface area contributed by atoms with Crippen LogP contribution in [0.5, 0.6) is 5.75 Å². The molecule has 0 unspecified atom stereocenters. The van der Waals surface area contributed by atoms with E-state index in [4.69, 9.17) is 4.74 Å². The monoisotopic (exact) mass is 366 g/mol. The van der Waals surface area contributed by atoms with Gasteiger partial charge in [-0.3, -0.25) is 9.59 Å². The second kappa shape index (κ2) is 8.31. The van der Waals surface area contributed by atoms with Gasteiger partial charge in [-0.15, -0.1) is 0 Å². The summed E-state index contributed by atoms with van der Waals surface area (Å²) in [6.45, 7) is 2.59. The number of ether oxygens (including phenoxy) is 1. The first-order valence-corrected chi connectivity index (χ1v) is 8.55. The topological polar surface area (TPSA) is 60.3 Å². The third kappa shape index (κ3) is 4.61. The molecule has 1 N–H and O–H groups in total. The van der Waals surface area contributed by atoms with Gasteiger partial charge in [0.05, 0.1) is 24.4 Å². The summed E-state index contributed by atoms with van der Waals surface area (Å²) in [6.07, 6.45) is 1.49. The molecule has 0 aliphatic rings. The van der Waals surface area contributed by atoms with Gasteiger partial charge in [0.1, 0.15) is 11.6 Å². The molecule has 27 heavy (non-hydrogen) atoms. The van der Waals surface area contributed by atoms with Gasteiger partial charge in [0, 0.05) is 12.3 Å². The SMILES string of the molecule is CCOc1ccccc1NC(=O)c1ccc(=O)n(Cc2ccc(F)cc2)c1. The van der Waals surface area contributed by atoms with Gasteiger partial charge in [0.25, 0.3) is 11.5 Å². The van der Waals surface area contributed by atoms with Crippen LogP contribution in [-0.4, -0.2) is 17.1 Å². The van der Waals surface area contributed by atoms with Crippen LogP contribution in [-0.2, 0) is 6.54 Å². The minimum Gasteiger partial charge on any atom is -0.492 e. The highest BCUT2D eigenvalue weighted by atomic mass is 19.1. The Labute approximate surface area is 156 Å². The standard InChI is InChI=1S/C21H19FN2O3/c1-2-27-19-6-4-3-5-18(19)23-21(26)16-9-12-20(25)24(14-16)13-15-7-10-17(22)11-8-15/h3-12,14H,2,13H2,1H3,(H,23,26). The molecule has 1 heterocycles. The van der Waals surface area contributed by atoms with Crippen molar-refractivity contribution in [3.05, 3.63) is 94.2 Å². The highest BCUT2D eigenvalue weighted by Gasteiger charge is 2.11. The largest absolute Gasteiger partial charge is 0.492 e. The number of nitrogens with zero attached hydrogens (tertiary/aromatic N) is 1. The van der Waals surface area contributed by atoms with Crippen LogP contribution >= 0.6 is 0 Å². The van der Waals surface area contributed by atoms with Crippen molar-refractivity contribution in [3.8, 4) is 5.75 Å². The molecule has 0 radical (unpaired) electrons. The number of carbonyl (C=O) groups is 1. The molecule has 0 atom stereocenters. The van der Waals surface area contributed by atoms with E-state index < -0.39 is 0 Å². The number of aromatic nitrogens is 1. The van der Waals surface area contributed by atoms with Gasteiger partial charge in [0.2, 0.25) is 0 Å². The fourth-order valence-corrected chi connectivity index (χ4v) is 2.62. The average molecular weight is 366 g/mol. The van der Waals surface area contributed by atoms with E-state index in [9.17, 15) is 14.0 Å². The van der Waals surface area contributed by atoms with E-state index in [2.05, 4.69) is 5.32 Å². The van der Waals surface area contributed by atoms with Crippen LogP contribution in [0.1, 0.15) is 22.8 Å². The predicted molar refractivity (Wildman–Crippen MR) is 102 cm³/mol. The summed E-state index contributed by atoms with van der Waals surface area (Å²) < 4.78 is 20.0. The lowest BCUT2D eigenvalue weighted by molar-refractivity contribution is 0.102. The van der Waals surface area contributed by atoms with Crippen molar-refractivity contribution >= 4 is 11.6 Å². The zero-order valence-electron chi connectivity index (χ0n) is 14.8. The first-order chi connectivity index (χ1) is 13.1. The van der Waals surface area contributed by atoms with E-state index in [-0.39, 0.29) is 23.8 Å². The number of benzene rings is 2. The van der Waals surface area contributed by atoms with Gasteiger partial charge in [0.15, 0.2) is 0 Å². The molecule has 2 aromatic carbocycles. The zero-order valence-corrected chi connectivity index (χ0v) is 14.8. The Kier molecular flexibility index (Phi) is 5.66. The first-order valence-electron chi connectivity index (χ1n) is 8.55. The van der Waals surface area contributed by atoms with Crippen LogP contribution in [0.2, 0.25) is 0 Å². The third-order valence-electron chi connectivity index (χ3n) is 3.95. The summed E-state index contributed by atoms with van der Waals surface area (Å²) in [7, 11) is 0. The van der Waals surface area contributed by atoms with Crippen LogP contribution in [0.4, 0.5) is 10.1 Å². The molecule has 0 fully saturated rings. The van der Waals surface area contributed by atoms with Crippen LogP contribution in [0, 0.1) is 5.82 Å². The Balaban J connectivity index is 1.82. The van der Waals surface area contributed by atoms with Crippen LogP contribution in [0.15, 0.2) is 71.7 Å². The maximum absolute atomic E-state index is 13.0. The molecule has 0 aliphatic carbocycles. The molecule has 138 valence electrons. The zero-order chi connectivity index (χ0) is 19.2. The van der Waals surface area contributed by atoms with Gasteiger partial charge >= 0.3 is 0 Å². The summed E-state index contributed by atoms with van der Waals surface area (Å²) in [6, 6.07) is 15.8. The normalized spacial score (nSPS) is 10.4. The summed E-state index contributed by atoms with van der Waals surface area (Å²) >= 11 is 0. The Hall–Kier alpha value is -3.41. The van der Waals surface area contributed by atoms with Crippen molar-refractivity contribution in [2.45, 2.75) is 13.5 Å². The van der Waals surface area contributed by atoms with Gasteiger partial charge in [-0.1, -0.05) is 24.3 Å². The van der Waals surface area contributed by atoms with E-state index in [0.717, 1.165) is 5.56 Å². The lowest BCUT2D eigenvalue weighted by Crippen LogP contribution is -2.22. The van der Waals surface area contributed by atoms with Crippen LogP contribution in [0.3, 0.4) is 0 Å². The average Bonchev–Trinajstić information content (AvgIpc) is 2.67. The van der Waals surface area contributed by atoms with E-state index in [1.807, 2.05) is 13.0 Å². The fourth-order valence-electron chi connectivity index (χ4n) is 2.62. The number of para-hydroxylation sites is 2. The lowest BCUT2D eigenvalue weighted by Gasteiger charge is -2.12. The lowest BCUT2D eigenvalue weighted by atomic mass is 10.2. The number of nitrogens with one attached hydrogen (secondary N) is 1. The number of anilines is 1. The summed E-state index contributed by atoms with van der Waals surface area (Å²) in [5, 5.41) is 2.80. The van der Waals surface area contributed by atoms with Crippen molar-refractivity contribution in [1.82, 2.24) is 4.57 Å². The van der Waals surface area contributed by atoms with Crippen molar-refractivity contribution < 1.29 is 13.9 Å². The van der Waals surface area contributed by atoms with Crippen LogP contribution < -0.4 is 15.6 Å². The molecule has 3 rings (SSSR count). The molecule has 1 aromatic heterocycles. The Morgan fingerprint density at radius 2 is 1.81 bits per heavy atom. The molecule has 0 bridgehead atoms. The molecule has 6 heteroatoms. The second-order valence-electron chi connectivity index (χ2n) is 5.89. The molecule has 1 amide bonds. The second-order valence-corrected chi connectivity index (χ2v) is 5.89. The number of carbonyl (C=O) groups excluding carboxylic acids is 1. The van der Waals surface area contributed by atoms with Crippen molar-refractivity contribution in [2.24, 2.45) is 0 Å². The number of rotatable bonds is 6. The minimum absolute atomic E-state index is 0.245. The molecule has 5 nitrogen and oxygen atoms in total. The van der Waals surface area contributed by atoms with Gasteiger partial charge in [-0.05, 0) is 42.8 Å². The summed E-state index contributed by atoms with van der Waals surface area (Å²) in [4.78, 5) is 24.7. The summed E-state index contributed by atoms with van der Waals surface area (Å²) in [5.74, 6) is -0.116. The number of hydrogen-bond donors (Lipinski definition) is 1. The van der Waals surface area contributed by atoms with Gasteiger partial charge in [-0.2, -0.15) is 0 Å². The van der Waals surface area contributed by atoms with Gasteiger partial charge in [-0.25, -0.2) is 4.39 Å². The molecule has 0 saturated heterocycles. The quantitative estimate of drug-likeness (QED) is 0.724. The van der Waals surface area contributed by atoms with Crippen molar-refractivity contribution in [3.63, 3.8) is 0 Å². The van der Waals surface area contributed by atoms with E-state index in [0.29, 0.717) is 23.6 Å². The van der Waals surface area contributed by atoms with Crippen LogP contribution in [0.25, 0.3) is 0 Å². The number of amides is 1. The van der Waals surface area contributed by atoms with Gasteiger partial charge < -0.3 is 14.6 Å². The summed E-state index contributed by atoms with van der Waals surface area (Å²) in [5.41, 5.74) is 1.41. The number of halogens is 1. The van der Waals surface area contributed by atoms with E-state index in [1.165, 1.54) is 35.0 Å². The Bertz CT molecular complexity index is 997. The van der Waals surface area contributed by atoms with Crippen molar-refractivity contribution in [1.29, 1.82) is 0 Å². The maximum Gasteiger partial charge on any atom is 0.257 e. The maximum atomic E-state index is 13.0. The third-order valence-corrected chi connectivity index (χ3v) is 3.95. The first kappa shape index (κ1) is 18.4. The molecule has 0 spiro atoms.